The summed E-state index contributed by atoms with van der Waals surface area (Å²) in [6, 6.07) is 6.71. The van der Waals surface area contributed by atoms with Crippen molar-refractivity contribution in [1.29, 1.82) is 0 Å². The van der Waals surface area contributed by atoms with Crippen LogP contribution < -0.4 is 5.73 Å². The Hall–Kier alpha value is -1.28. The molecule has 0 unspecified atom stereocenters. The summed E-state index contributed by atoms with van der Waals surface area (Å²) in [6.07, 6.45) is 3.16. The van der Waals surface area contributed by atoms with Gasteiger partial charge in [0, 0.05) is 23.5 Å². The second kappa shape index (κ2) is 3.95. The highest BCUT2D eigenvalue weighted by Crippen LogP contribution is 2.27. The van der Waals surface area contributed by atoms with Crippen molar-refractivity contribution in [3.8, 4) is 0 Å². The fraction of sp³-hybridized carbons (Fsp3) is 0.429. The van der Waals surface area contributed by atoms with E-state index in [2.05, 4.69) is 55.9 Å². The second-order valence-electron chi connectivity index (χ2n) is 5.43. The molecular formula is C14H21N2+. The minimum atomic E-state index is 0.215. The molecule has 0 aliphatic rings. The van der Waals surface area contributed by atoms with Crippen LogP contribution in [0.1, 0.15) is 31.9 Å². The van der Waals surface area contributed by atoms with E-state index in [0.717, 1.165) is 13.0 Å². The molecule has 0 radical (unpaired) electrons. The summed E-state index contributed by atoms with van der Waals surface area (Å²) in [6.45, 7) is 7.71. The van der Waals surface area contributed by atoms with Crippen LogP contribution in [0.15, 0.2) is 24.4 Å². The summed E-state index contributed by atoms with van der Waals surface area (Å²) >= 11 is 0. The molecule has 0 spiro atoms. The lowest BCUT2D eigenvalue weighted by atomic mass is 9.86. The van der Waals surface area contributed by atoms with Crippen LogP contribution >= 0.6 is 0 Å². The first kappa shape index (κ1) is 11.2. The largest absolute Gasteiger partial charge is 0.361 e. The molecule has 1 aromatic heterocycles. The van der Waals surface area contributed by atoms with Crippen molar-refractivity contribution in [2.75, 3.05) is 6.54 Å². The highest BCUT2D eigenvalue weighted by molar-refractivity contribution is 5.84. The van der Waals surface area contributed by atoms with Crippen LogP contribution in [0.4, 0.5) is 0 Å². The predicted octanol–water partition coefficient (Wildman–Crippen LogP) is 2.25. The maximum absolute atomic E-state index is 3.92. The normalized spacial score (nSPS) is 12.2. The van der Waals surface area contributed by atoms with Crippen LogP contribution in [0, 0.1) is 0 Å². The SMILES string of the molecule is CC(C)(C)c1ccc2[nH]cc(CC[NH3+])c2c1. The molecule has 0 saturated carbocycles. The van der Waals surface area contributed by atoms with Crippen molar-refractivity contribution in [2.45, 2.75) is 32.6 Å². The Labute approximate surface area is 96.9 Å². The third kappa shape index (κ3) is 1.98. The third-order valence-corrected chi connectivity index (χ3v) is 3.08. The topological polar surface area (TPSA) is 43.4 Å². The standard InChI is InChI=1S/C14H20N2/c1-14(2,3)11-4-5-13-12(8-11)10(6-7-15)9-16-13/h4-5,8-9,16H,6-7,15H2,1-3H3/p+1. The quantitative estimate of drug-likeness (QED) is 0.775. The van der Waals surface area contributed by atoms with Crippen LogP contribution in [0.5, 0.6) is 0 Å². The van der Waals surface area contributed by atoms with Crippen molar-refractivity contribution in [3.63, 3.8) is 0 Å². The van der Waals surface area contributed by atoms with Gasteiger partial charge < -0.3 is 10.7 Å². The Morgan fingerprint density at radius 1 is 1.25 bits per heavy atom. The van der Waals surface area contributed by atoms with E-state index in [-0.39, 0.29) is 5.41 Å². The second-order valence-corrected chi connectivity index (χ2v) is 5.43. The van der Waals surface area contributed by atoms with Crippen LogP contribution in [0.3, 0.4) is 0 Å². The van der Waals surface area contributed by atoms with Gasteiger partial charge in [-0.15, -0.1) is 0 Å². The summed E-state index contributed by atoms with van der Waals surface area (Å²) in [5.74, 6) is 0. The van der Waals surface area contributed by atoms with Crippen molar-refractivity contribution >= 4 is 10.9 Å². The summed E-state index contributed by atoms with van der Waals surface area (Å²) in [7, 11) is 0. The number of aromatic nitrogens is 1. The molecule has 0 fully saturated rings. The average Bonchev–Trinajstić information content (AvgIpc) is 2.60. The Bertz CT molecular complexity index is 489. The Kier molecular flexibility index (Phi) is 2.76. The molecule has 1 heterocycles. The number of hydrogen-bond acceptors (Lipinski definition) is 0. The third-order valence-electron chi connectivity index (χ3n) is 3.08. The monoisotopic (exact) mass is 217 g/mol. The molecule has 0 atom stereocenters. The van der Waals surface area contributed by atoms with Gasteiger partial charge in [-0.3, -0.25) is 0 Å². The molecule has 0 amide bonds. The van der Waals surface area contributed by atoms with Gasteiger partial charge in [0.15, 0.2) is 0 Å². The fourth-order valence-electron chi connectivity index (χ4n) is 2.04. The number of H-pyrrole nitrogens is 1. The minimum absolute atomic E-state index is 0.215. The molecule has 16 heavy (non-hydrogen) atoms. The first-order valence-corrected chi connectivity index (χ1v) is 5.92. The number of benzene rings is 1. The zero-order chi connectivity index (χ0) is 11.8. The van der Waals surface area contributed by atoms with Gasteiger partial charge >= 0.3 is 0 Å². The molecule has 2 rings (SSSR count). The van der Waals surface area contributed by atoms with Gasteiger partial charge in [-0.2, -0.15) is 0 Å². The van der Waals surface area contributed by atoms with Gasteiger partial charge in [0.05, 0.1) is 6.54 Å². The van der Waals surface area contributed by atoms with E-state index in [4.69, 9.17) is 0 Å². The molecular weight excluding hydrogens is 196 g/mol. The highest BCUT2D eigenvalue weighted by Gasteiger charge is 2.15. The highest BCUT2D eigenvalue weighted by atomic mass is 14.7. The maximum atomic E-state index is 3.92. The summed E-state index contributed by atoms with van der Waals surface area (Å²) in [4.78, 5) is 3.32. The van der Waals surface area contributed by atoms with Crippen LogP contribution in [0.25, 0.3) is 10.9 Å². The molecule has 86 valence electrons. The van der Waals surface area contributed by atoms with Crippen molar-refractivity contribution in [3.05, 3.63) is 35.5 Å². The zero-order valence-electron chi connectivity index (χ0n) is 10.4. The van der Waals surface area contributed by atoms with E-state index in [9.17, 15) is 0 Å². The van der Waals surface area contributed by atoms with Gasteiger partial charge in [0.2, 0.25) is 0 Å². The maximum Gasteiger partial charge on any atom is 0.0781 e. The zero-order valence-corrected chi connectivity index (χ0v) is 10.4. The van der Waals surface area contributed by atoms with E-state index in [1.807, 2.05) is 0 Å². The molecule has 2 heteroatoms. The number of hydrogen-bond donors (Lipinski definition) is 2. The number of nitrogens with one attached hydrogen (secondary N) is 1. The van der Waals surface area contributed by atoms with E-state index in [1.165, 1.54) is 22.0 Å². The summed E-state index contributed by atoms with van der Waals surface area (Å²) < 4.78 is 0. The molecule has 2 nitrogen and oxygen atoms in total. The van der Waals surface area contributed by atoms with Gasteiger partial charge in [0.25, 0.3) is 0 Å². The first-order valence-electron chi connectivity index (χ1n) is 5.92. The van der Waals surface area contributed by atoms with Crippen molar-refractivity contribution < 1.29 is 5.73 Å². The first-order chi connectivity index (χ1) is 7.52. The smallest absolute Gasteiger partial charge is 0.0781 e. The molecule has 1 aromatic carbocycles. The Balaban J connectivity index is 2.54. The molecule has 2 aromatic rings. The van der Waals surface area contributed by atoms with E-state index < -0.39 is 0 Å². The Morgan fingerprint density at radius 3 is 2.62 bits per heavy atom. The lowest BCUT2D eigenvalue weighted by Crippen LogP contribution is -2.51. The minimum Gasteiger partial charge on any atom is -0.361 e. The summed E-state index contributed by atoms with van der Waals surface area (Å²) in [5.41, 5.74) is 8.15. The van der Waals surface area contributed by atoms with Crippen LogP contribution in [-0.4, -0.2) is 11.5 Å². The summed E-state index contributed by atoms with van der Waals surface area (Å²) in [5, 5.41) is 1.36. The molecule has 4 N–H and O–H groups in total. The van der Waals surface area contributed by atoms with E-state index in [0.29, 0.717) is 0 Å². The molecule has 0 saturated heterocycles. The lowest BCUT2D eigenvalue weighted by molar-refractivity contribution is -0.366. The van der Waals surface area contributed by atoms with Gasteiger partial charge in [0.1, 0.15) is 0 Å². The fourth-order valence-corrected chi connectivity index (χ4v) is 2.04. The van der Waals surface area contributed by atoms with Gasteiger partial charge in [-0.1, -0.05) is 26.8 Å². The number of quaternary nitrogens is 1. The molecule has 0 aliphatic carbocycles. The number of rotatable bonds is 2. The van der Waals surface area contributed by atoms with Crippen LogP contribution in [0.2, 0.25) is 0 Å². The lowest BCUT2D eigenvalue weighted by Gasteiger charge is -2.19. The van der Waals surface area contributed by atoms with Gasteiger partial charge in [-0.25, -0.2) is 0 Å². The van der Waals surface area contributed by atoms with Crippen molar-refractivity contribution in [2.24, 2.45) is 0 Å². The van der Waals surface area contributed by atoms with E-state index in [1.54, 1.807) is 0 Å². The predicted molar refractivity (Wildman–Crippen MR) is 68.5 cm³/mol. The van der Waals surface area contributed by atoms with Gasteiger partial charge in [-0.05, 0) is 28.7 Å². The Morgan fingerprint density at radius 2 is 2.00 bits per heavy atom. The average molecular weight is 217 g/mol. The molecule has 0 bridgehead atoms. The van der Waals surface area contributed by atoms with Crippen LogP contribution in [-0.2, 0) is 11.8 Å². The molecule has 0 aliphatic heterocycles. The number of aromatic amines is 1. The van der Waals surface area contributed by atoms with E-state index >= 15 is 0 Å². The number of fused-ring (bicyclic) bond motifs is 1. The van der Waals surface area contributed by atoms with Crippen molar-refractivity contribution in [1.82, 2.24) is 4.98 Å².